The zero-order valence-electron chi connectivity index (χ0n) is 13.8. The number of hydrogen-bond donors (Lipinski definition) is 0. The monoisotopic (exact) mass is 462 g/mol. The smallest absolute Gasteiger partial charge is 0.265 e. The molecule has 0 aliphatic rings. The van der Waals surface area contributed by atoms with Gasteiger partial charge in [-0.3, -0.25) is 9.78 Å². The Balaban J connectivity index is 1.76. The number of pyridine rings is 1. The van der Waals surface area contributed by atoms with Crippen molar-refractivity contribution in [2.75, 3.05) is 11.5 Å². The summed E-state index contributed by atoms with van der Waals surface area (Å²) in [4.78, 5) is 18.5. The van der Waals surface area contributed by atoms with Crippen LogP contribution >= 0.6 is 22.6 Å². The van der Waals surface area contributed by atoms with Gasteiger partial charge in [0.05, 0.1) is 12.2 Å². The van der Waals surface area contributed by atoms with Gasteiger partial charge in [-0.25, -0.2) is 4.39 Å². The molecule has 0 saturated carbocycles. The Hall–Kier alpha value is -2.48. The van der Waals surface area contributed by atoms with E-state index in [1.165, 1.54) is 17.0 Å². The van der Waals surface area contributed by atoms with Crippen LogP contribution in [0.2, 0.25) is 0 Å². The fourth-order valence-corrected chi connectivity index (χ4v) is 2.71. The van der Waals surface area contributed by atoms with Crippen LogP contribution in [0.1, 0.15) is 5.69 Å². The number of ether oxygens (including phenoxy) is 1. The molecule has 3 aromatic rings. The van der Waals surface area contributed by atoms with E-state index in [0.29, 0.717) is 11.4 Å². The average molecular weight is 462 g/mol. The lowest BCUT2D eigenvalue weighted by atomic mass is 10.2. The molecular weight excluding hydrogens is 446 g/mol. The summed E-state index contributed by atoms with van der Waals surface area (Å²) in [5.74, 6) is 0.0330. The zero-order valence-corrected chi connectivity index (χ0v) is 16.0. The molecule has 4 nitrogen and oxygen atoms in total. The quantitative estimate of drug-likeness (QED) is 0.509. The molecule has 0 bridgehead atoms. The van der Waals surface area contributed by atoms with Crippen LogP contribution in [-0.4, -0.2) is 17.5 Å². The van der Waals surface area contributed by atoms with Crippen molar-refractivity contribution in [1.82, 2.24) is 4.98 Å². The third-order valence-electron chi connectivity index (χ3n) is 3.66. The highest BCUT2D eigenvalue weighted by molar-refractivity contribution is 14.1. The van der Waals surface area contributed by atoms with Gasteiger partial charge in [0.2, 0.25) is 0 Å². The standard InChI is InChI=1S/C20H16FIN2O2/c21-15-4-8-18(9-5-15)24(13-17-3-1-2-12-23-17)20(25)14-26-19-10-6-16(22)7-11-19/h1-12H,13-14H2. The van der Waals surface area contributed by atoms with E-state index >= 15 is 0 Å². The number of carbonyl (C=O) groups is 1. The second kappa shape index (κ2) is 8.75. The normalized spacial score (nSPS) is 10.4. The van der Waals surface area contributed by atoms with E-state index in [1.54, 1.807) is 18.3 Å². The van der Waals surface area contributed by atoms with Crippen molar-refractivity contribution in [2.24, 2.45) is 0 Å². The first kappa shape index (κ1) is 18.3. The first-order chi connectivity index (χ1) is 12.6. The van der Waals surface area contributed by atoms with Gasteiger partial charge < -0.3 is 9.64 Å². The highest BCUT2D eigenvalue weighted by Crippen LogP contribution is 2.19. The predicted molar refractivity (Wildman–Crippen MR) is 106 cm³/mol. The van der Waals surface area contributed by atoms with Crippen LogP contribution in [0, 0.1) is 9.39 Å². The van der Waals surface area contributed by atoms with Gasteiger partial charge in [-0.1, -0.05) is 6.07 Å². The maximum absolute atomic E-state index is 13.2. The van der Waals surface area contributed by atoms with Crippen LogP contribution in [0.4, 0.5) is 10.1 Å². The minimum absolute atomic E-state index is 0.120. The molecular formula is C20H16FIN2O2. The van der Waals surface area contributed by atoms with Crippen molar-refractivity contribution in [2.45, 2.75) is 6.54 Å². The summed E-state index contributed by atoms with van der Waals surface area (Å²) in [6.07, 6.45) is 1.67. The Morgan fingerprint density at radius 1 is 1.04 bits per heavy atom. The maximum atomic E-state index is 13.2. The number of halogens is 2. The molecule has 3 rings (SSSR count). The molecule has 1 amide bonds. The van der Waals surface area contributed by atoms with E-state index < -0.39 is 0 Å². The third kappa shape index (κ3) is 5.01. The summed E-state index contributed by atoms with van der Waals surface area (Å²) in [6, 6.07) is 18.8. The summed E-state index contributed by atoms with van der Waals surface area (Å²) in [7, 11) is 0. The van der Waals surface area contributed by atoms with Crippen LogP contribution in [0.25, 0.3) is 0 Å². The van der Waals surface area contributed by atoms with Gasteiger partial charge in [0, 0.05) is 15.5 Å². The Kier molecular flexibility index (Phi) is 6.17. The molecule has 0 atom stereocenters. The summed E-state index contributed by atoms with van der Waals surface area (Å²) in [6.45, 7) is 0.159. The van der Waals surface area contributed by atoms with Crippen molar-refractivity contribution in [3.63, 3.8) is 0 Å². The van der Waals surface area contributed by atoms with E-state index in [9.17, 15) is 9.18 Å². The van der Waals surface area contributed by atoms with E-state index in [0.717, 1.165) is 9.26 Å². The molecule has 0 fully saturated rings. The van der Waals surface area contributed by atoms with Crippen LogP contribution < -0.4 is 9.64 Å². The van der Waals surface area contributed by atoms with Crippen LogP contribution in [0.5, 0.6) is 5.75 Å². The largest absolute Gasteiger partial charge is 0.484 e. The van der Waals surface area contributed by atoms with E-state index in [2.05, 4.69) is 27.6 Å². The molecule has 0 aliphatic heterocycles. The number of benzene rings is 2. The molecule has 1 heterocycles. The number of amides is 1. The van der Waals surface area contributed by atoms with Crippen LogP contribution in [0.15, 0.2) is 72.9 Å². The number of hydrogen-bond acceptors (Lipinski definition) is 3. The number of aromatic nitrogens is 1. The molecule has 1 aromatic heterocycles. The van der Waals surface area contributed by atoms with Gasteiger partial charge >= 0.3 is 0 Å². The molecule has 0 aliphatic carbocycles. The van der Waals surface area contributed by atoms with Gasteiger partial charge in [0.25, 0.3) is 5.91 Å². The topological polar surface area (TPSA) is 42.4 Å². The molecule has 0 N–H and O–H groups in total. The molecule has 0 spiro atoms. The highest BCUT2D eigenvalue weighted by Gasteiger charge is 2.17. The van der Waals surface area contributed by atoms with E-state index in [4.69, 9.17) is 4.74 Å². The number of nitrogens with zero attached hydrogens (tertiary/aromatic N) is 2. The highest BCUT2D eigenvalue weighted by atomic mass is 127. The molecule has 0 unspecified atom stereocenters. The lowest BCUT2D eigenvalue weighted by Gasteiger charge is -2.22. The lowest BCUT2D eigenvalue weighted by Crippen LogP contribution is -2.34. The predicted octanol–water partition coefficient (Wildman–Crippen LogP) is 4.44. The molecule has 0 radical (unpaired) electrons. The van der Waals surface area contributed by atoms with Gasteiger partial charge in [-0.2, -0.15) is 0 Å². The van der Waals surface area contributed by atoms with Gasteiger partial charge in [0.15, 0.2) is 6.61 Å². The first-order valence-corrected chi connectivity index (χ1v) is 9.04. The number of rotatable bonds is 6. The van der Waals surface area contributed by atoms with Crippen LogP contribution in [0.3, 0.4) is 0 Å². The van der Waals surface area contributed by atoms with Gasteiger partial charge in [-0.05, 0) is 83.3 Å². The van der Waals surface area contributed by atoms with E-state index in [-0.39, 0.29) is 24.9 Å². The van der Waals surface area contributed by atoms with E-state index in [1.807, 2.05) is 42.5 Å². The maximum Gasteiger partial charge on any atom is 0.265 e. The third-order valence-corrected chi connectivity index (χ3v) is 4.38. The average Bonchev–Trinajstić information content (AvgIpc) is 2.67. The lowest BCUT2D eigenvalue weighted by molar-refractivity contribution is -0.120. The minimum atomic E-state index is -0.353. The van der Waals surface area contributed by atoms with Crippen molar-refractivity contribution in [3.8, 4) is 5.75 Å². The zero-order chi connectivity index (χ0) is 18.4. The molecule has 26 heavy (non-hydrogen) atoms. The fourth-order valence-electron chi connectivity index (χ4n) is 2.35. The Labute approximate surface area is 164 Å². The number of anilines is 1. The Morgan fingerprint density at radius 3 is 2.42 bits per heavy atom. The summed E-state index contributed by atoms with van der Waals surface area (Å²) >= 11 is 2.20. The molecule has 2 aromatic carbocycles. The summed E-state index contributed by atoms with van der Waals surface area (Å²) in [5.41, 5.74) is 1.33. The summed E-state index contributed by atoms with van der Waals surface area (Å²) < 4.78 is 19.9. The van der Waals surface area contributed by atoms with Crippen molar-refractivity contribution >= 4 is 34.2 Å². The Morgan fingerprint density at radius 2 is 1.77 bits per heavy atom. The SMILES string of the molecule is O=C(COc1ccc(I)cc1)N(Cc1ccccn1)c1ccc(F)cc1. The molecule has 0 saturated heterocycles. The van der Waals surface area contributed by atoms with Gasteiger partial charge in [-0.15, -0.1) is 0 Å². The van der Waals surface area contributed by atoms with Crippen molar-refractivity contribution in [3.05, 3.63) is 88.0 Å². The minimum Gasteiger partial charge on any atom is -0.484 e. The van der Waals surface area contributed by atoms with Crippen molar-refractivity contribution < 1.29 is 13.9 Å². The first-order valence-electron chi connectivity index (χ1n) is 7.96. The second-order valence-corrected chi connectivity index (χ2v) is 6.77. The molecule has 132 valence electrons. The number of carbonyl (C=O) groups excluding carboxylic acids is 1. The Bertz CT molecular complexity index is 855. The second-order valence-electron chi connectivity index (χ2n) is 5.52. The van der Waals surface area contributed by atoms with Gasteiger partial charge in [0.1, 0.15) is 11.6 Å². The van der Waals surface area contributed by atoms with Crippen LogP contribution in [-0.2, 0) is 11.3 Å². The van der Waals surface area contributed by atoms with Crippen molar-refractivity contribution in [1.29, 1.82) is 0 Å². The fraction of sp³-hybridized carbons (Fsp3) is 0.100. The molecule has 6 heteroatoms. The summed E-state index contributed by atoms with van der Waals surface area (Å²) in [5, 5.41) is 0.